The van der Waals surface area contributed by atoms with Crippen LogP contribution in [0.3, 0.4) is 0 Å². The van der Waals surface area contributed by atoms with Crippen LogP contribution in [0.1, 0.15) is 34.2 Å². The van der Waals surface area contributed by atoms with Gasteiger partial charge in [0, 0.05) is 12.0 Å². The molecule has 20 heavy (non-hydrogen) atoms. The quantitative estimate of drug-likeness (QED) is 0.809. The number of carbonyl (C=O) groups excluding carboxylic acids is 1. The van der Waals surface area contributed by atoms with E-state index in [1.165, 1.54) is 6.07 Å². The van der Waals surface area contributed by atoms with Gasteiger partial charge in [0.25, 0.3) is 0 Å². The summed E-state index contributed by atoms with van der Waals surface area (Å²) in [6, 6.07) is 6.34. The molecule has 2 aromatic rings. The maximum Gasteiger partial charge on any atom is 0.169 e. The summed E-state index contributed by atoms with van der Waals surface area (Å²) in [5.41, 5.74) is 2.08. The van der Waals surface area contributed by atoms with Crippen molar-refractivity contribution in [3.63, 3.8) is 0 Å². The Balaban J connectivity index is 2.33. The van der Waals surface area contributed by atoms with Gasteiger partial charge in [-0.3, -0.25) is 4.79 Å². The number of nitrogens with zero attached hydrogens (tertiary/aromatic N) is 2. The second-order valence-electron chi connectivity index (χ2n) is 4.51. The highest BCUT2D eigenvalue weighted by atomic mass is 35.5. The van der Waals surface area contributed by atoms with Crippen LogP contribution in [-0.4, -0.2) is 16.0 Å². The van der Waals surface area contributed by atoms with Gasteiger partial charge in [-0.1, -0.05) is 30.7 Å². The summed E-state index contributed by atoms with van der Waals surface area (Å²) in [4.78, 5) is 12.3. The van der Waals surface area contributed by atoms with E-state index in [4.69, 9.17) is 11.6 Å². The van der Waals surface area contributed by atoms with Crippen molar-refractivity contribution < 1.29 is 9.18 Å². The summed E-state index contributed by atoms with van der Waals surface area (Å²) in [5.74, 6) is -0.722. The van der Waals surface area contributed by atoms with Crippen LogP contribution >= 0.6 is 11.6 Å². The first-order valence-electron chi connectivity index (χ1n) is 6.32. The number of halogens is 2. The SMILES string of the molecule is CCc1nnc(C)cc1C(=O)Cc1cccc(Cl)c1F. The standard InChI is InChI=1S/C15H14ClFN2O/c1-3-13-11(7-9(2)18-19-13)14(20)8-10-5-4-6-12(16)15(10)17/h4-7H,3,8H2,1-2H3. The maximum absolute atomic E-state index is 13.8. The molecule has 0 fully saturated rings. The minimum absolute atomic E-state index is 0.0232. The molecule has 104 valence electrons. The topological polar surface area (TPSA) is 42.9 Å². The number of hydrogen-bond donors (Lipinski definition) is 0. The number of benzene rings is 1. The van der Waals surface area contributed by atoms with Gasteiger partial charge >= 0.3 is 0 Å². The molecule has 2 rings (SSSR count). The van der Waals surface area contributed by atoms with Crippen LogP contribution in [0.4, 0.5) is 4.39 Å². The Hall–Kier alpha value is -1.81. The van der Waals surface area contributed by atoms with Gasteiger partial charge in [0.2, 0.25) is 0 Å². The molecule has 0 aliphatic rings. The highest BCUT2D eigenvalue weighted by Gasteiger charge is 2.16. The molecule has 0 atom stereocenters. The molecule has 0 radical (unpaired) electrons. The van der Waals surface area contributed by atoms with Gasteiger partial charge in [-0.05, 0) is 31.0 Å². The van der Waals surface area contributed by atoms with Crippen molar-refractivity contribution in [2.24, 2.45) is 0 Å². The molecule has 5 heteroatoms. The van der Waals surface area contributed by atoms with E-state index in [-0.39, 0.29) is 17.2 Å². The summed E-state index contributed by atoms with van der Waals surface area (Å²) >= 11 is 5.72. The fraction of sp³-hybridized carbons (Fsp3) is 0.267. The number of Topliss-reactive ketones (excluding diaryl/α,β-unsaturated/α-hetero) is 1. The lowest BCUT2D eigenvalue weighted by atomic mass is 10.0. The van der Waals surface area contributed by atoms with Gasteiger partial charge in [0.15, 0.2) is 5.78 Å². The molecule has 0 spiro atoms. The number of hydrogen-bond acceptors (Lipinski definition) is 3. The van der Waals surface area contributed by atoms with Gasteiger partial charge in [-0.15, -0.1) is 0 Å². The third-order valence-electron chi connectivity index (χ3n) is 3.01. The van der Waals surface area contributed by atoms with Crippen LogP contribution in [0.15, 0.2) is 24.3 Å². The molecule has 0 aliphatic carbocycles. The first-order valence-corrected chi connectivity index (χ1v) is 6.70. The molecule has 0 bridgehead atoms. The largest absolute Gasteiger partial charge is 0.294 e. The van der Waals surface area contributed by atoms with Gasteiger partial charge in [0.1, 0.15) is 5.82 Å². The van der Waals surface area contributed by atoms with Crippen molar-refractivity contribution in [3.8, 4) is 0 Å². The normalized spacial score (nSPS) is 10.6. The molecule has 0 N–H and O–H groups in total. The monoisotopic (exact) mass is 292 g/mol. The lowest BCUT2D eigenvalue weighted by Crippen LogP contribution is -2.11. The molecule has 1 aromatic heterocycles. The zero-order valence-corrected chi connectivity index (χ0v) is 12.0. The molecule has 0 saturated carbocycles. The van der Waals surface area contributed by atoms with Crippen molar-refractivity contribution in [1.82, 2.24) is 10.2 Å². The van der Waals surface area contributed by atoms with Crippen LogP contribution in [0.2, 0.25) is 5.02 Å². The number of aryl methyl sites for hydroxylation is 2. The fourth-order valence-electron chi connectivity index (χ4n) is 1.97. The zero-order valence-electron chi connectivity index (χ0n) is 11.3. The van der Waals surface area contributed by atoms with Gasteiger partial charge in [0.05, 0.1) is 16.4 Å². The van der Waals surface area contributed by atoms with Gasteiger partial charge in [-0.2, -0.15) is 10.2 Å². The number of carbonyl (C=O) groups is 1. The summed E-state index contributed by atoms with van der Waals surface area (Å²) in [5, 5.41) is 7.97. The lowest BCUT2D eigenvalue weighted by Gasteiger charge is -2.07. The van der Waals surface area contributed by atoms with E-state index in [0.29, 0.717) is 28.9 Å². The number of ketones is 1. The van der Waals surface area contributed by atoms with Crippen molar-refractivity contribution in [1.29, 1.82) is 0 Å². The average molecular weight is 293 g/mol. The van der Waals surface area contributed by atoms with E-state index in [9.17, 15) is 9.18 Å². The van der Waals surface area contributed by atoms with Crippen molar-refractivity contribution in [3.05, 3.63) is 57.6 Å². The Labute approximate surface area is 121 Å². The van der Waals surface area contributed by atoms with E-state index in [1.54, 1.807) is 25.1 Å². The molecule has 0 saturated heterocycles. The Morgan fingerprint density at radius 3 is 2.80 bits per heavy atom. The Morgan fingerprint density at radius 2 is 2.10 bits per heavy atom. The molecule has 1 heterocycles. The van der Waals surface area contributed by atoms with E-state index in [1.807, 2.05) is 6.92 Å². The summed E-state index contributed by atoms with van der Waals surface area (Å²) in [7, 11) is 0. The molecular weight excluding hydrogens is 279 g/mol. The van der Waals surface area contributed by atoms with Crippen LogP contribution in [-0.2, 0) is 12.8 Å². The number of aromatic nitrogens is 2. The first kappa shape index (κ1) is 14.6. The third kappa shape index (κ3) is 3.02. The van der Waals surface area contributed by atoms with Crippen LogP contribution in [0.25, 0.3) is 0 Å². The second kappa shape index (κ2) is 6.09. The molecule has 3 nitrogen and oxygen atoms in total. The Morgan fingerprint density at radius 1 is 1.35 bits per heavy atom. The predicted molar refractivity (Wildman–Crippen MR) is 75.6 cm³/mol. The second-order valence-corrected chi connectivity index (χ2v) is 4.92. The minimum Gasteiger partial charge on any atom is -0.294 e. The van der Waals surface area contributed by atoms with E-state index in [0.717, 1.165) is 0 Å². The predicted octanol–water partition coefficient (Wildman–Crippen LogP) is 3.57. The number of rotatable bonds is 4. The molecule has 0 aliphatic heterocycles. The van der Waals surface area contributed by atoms with Crippen molar-refractivity contribution in [2.45, 2.75) is 26.7 Å². The third-order valence-corrected chi connectivity index (χ3v) is 3.30. The average Bonchev–Trinajstić information content (AvgIpc) is 2.43. The van der Waals surface area contributed by atoms with Crippen molar-refractivity contribution in [2.75, 3.05) is 0 Å². The fourth-order valence-corrected chi connectivity index (χ4v) is 2.16. The van der Waals surface area contributed by atoms with Crippen molar-refractivity contribution >= 4 is 17.4 Å². The zero-order chi connectivity index (χ0) is 14.7. The Bertz CT molecular complexity index is 658. The smallest absolute Gasteiger partial charge is 0.169 e. The van der Waals surface area contributed by atoms with Crippen LogP contribution < -0.4 is 0 Å². The molecule has 0 unspecified atom stereocenters. The first-order chi connectivity index (χ1) is 9.52. The van der Waals surface area contributed by atoms with E-state index < -0.39 is 5.82 Å². The van der Waals surface area contributed by atoms with Crippen LogP contribution in [0.5, 0.6) is 0 Å². The highest BCUT2D eigenvalue weighted by Crippen LogP contribution is 2.20. The van der Waals surface area contributed by atoms with E-state index in [2.05, 4.69) is 10.2 Å². The summed E-state index contributed by atoms with van der Waals surface area (Å²) < 4.78 is 13.8. The maximum atomic E-state index is 13.8. The summed E-state index contributed by atoms with van der Waals surface area (Å²) in [6.07, 6.45) is 0.566. The molecular formula is C15H14ClFN2O. The van der Waals surface area contributed by atoms with Gasteiger partial charge < -0.3 is 0 Å². The minimum atomic E-state index is -0.542. The Kier molecular flexibility index (Phi) is 4.45. The summed E-state index contributed by atoms with van der Waals surface area (Å²) in [6.45, 7) is 3.67. The van der Waals surface area contributed by atoms with Gasteiger partial charge in [-0.25, -0.2) is 4.39 Å². The highest BCUT2D eigenvalue weighted by molar-refractivity contribution is 6.30. The molecule has 1 aromatic carbocycles. The van der Waals surface area contributed by atoms with E-state index >= 15 is 0 Å². The van der Waals surface area contributed by atoms with Crippen LogP contribution in [0, 0.1) is 12.7 Å². The lowest BCUT2D eigenvalue weighted by molar-refractivity contribution is 0.0990. The molecule has 0 amide bonds.